The Kier molecular flexibility index (Phi) is 9.21. The topological polar surface area (TPSA) is 35.5 Å². The van der Waals surface area contributed by atoms with Gasteiger partial charge in [0.15, 0.2) is 0 Å². The zero-order valence-corrected chi connectivity index (χ0v) is 22.7. The van der Waals surface area contributed by atoms with E-state index in [4.69, 9.17) is 9.47 Å². The molecular weight excluding hydrogens is 432 g/mol. The summed E-state index contributed by atoms with van der Waals surface area (Å²) in [5.41, 5.74) is 5.09. The number of carbonyl (C=O) groups excluding carboxylic acids is 1. The molecule has 0 heterocycles. The minimum absolute atomic E-state index is 0.0810. The lowest BCUT2D eigenvalue weighted by Gasteiger charge is -2.34. The molecule has 1 aliphatic carbocycles. The standard InChI is InChI=1S/C32H44O3/c1-24(23-31(2,3)4)32(5,6)30(33)35-20-12-8-11-19-34-29-18-17-26-15-16-27(21-28(26)22-29)25-13-9-7-10-14-25/h7,9-10,13-14,17-18,21-22,24H,8,11-12,15-16,19-20,23H2,1-6H3. The molecule has 0 aromatic heterocycles. The Bertz CT molecular complexity index is 995. The van der Waals surface area contributed by atoms with Crippen molar-refractivity contribution < 1.29 is 14.3 Å². The maximum absolute atomic E-state index is 12.6. The van der Waals surface area contributed by atoms with Crippen molar-refractivity contribution in [1.82, 2.24) is 0 Å². The Morgan fingerprint density at radius 3 is 2.34 bits per heavy atom. The molecule has 1 unspecified atom stereocenters. The summed E-state index contributed by atoms with van der Waals surface area (Å²) in [6.45, 7) is 14.0. The molecule has 0 spiro atoms. The fraction of sp³-hybridized carbons (Fsp3) is 0.531. The predicted octanol–water partition coefficient (Wildman–Crippen LogP) is 8.36. The van der Waals surface area contributed by atoms with E-state index in [1.54, 1.807) is 0 Å². The molecule has 0 fully saturated rings. The van der Waals surface area contributed by atoms with Crippen LogP contribution in [0.3, 0.4) is 0 Å². The molecule has 1 atom stereocenters. The molecule has 0 amide bonds. The number of esters is 1. The fourth-order valence-corrected chi connectivity index (χ4v) is 4.73. The van der Waals surface area contributed by atoms with Crippen molar-refractivity contribution >= 4 is 17.6 Å². The number of rotatable bonds is 11. The highest BCUT2D eigenvalue weighted by Gasteiger charge is 2.37. The Hall–Kier alpha value is -2.55. The van der Waals surface area contributed by atoms with Crippen LogP contribution in [0.1, 0.15) is 90.3 Å². The van der Waals surface area contributed by atoms with Gasteiger partial charge in [0.05, 0.1) is 18.6 Å². The fourth-order valence-electron chi connectivity index (χ4n) is 4.73. The summed E-state index contributed by atoms with van der Waals surface area (Å²) in [6, 6.07) is 17.1. The molecule has 2 aromatic carbocycles. The van der Waals surface area contributed by atoms with Crippen LogP contribution in [0.15, 0.2) is 48.5 Å². The lowest BCUT2D eigenvalue weighted by Crippen LogP contribution is -2.35. The van der Waals surface area contributed by atoms with Crippen LogP contribution in [0.2, 0.25) is 0 Å². The second kappa shape index (κ2) is 11.9. The molecular formula is C32H44O3. The molecule has 2 aromatic rings. The van der Waals surface area contributed by atoms with Crippen molar-refractivity contribution in [3.8, 4) is 5.75 Å². The lowest BCUT2D eigenvalue weighted by atomic mass is 9.72. The van der Waals surface area contributed by atoms with Gasteiger partial charge in [-0.2, -0.15) is 0 Å². The van der Waals surface area contributed by atoms with Gasteiger partial charge in [-0.05, 0) is 98.1 Å². The van der Waals surface area contributed by atoms with Crippen LogP contribution in [0.5, 0.6) is 5.75 Å². The Balaban J connectivity index is 1.38. The molecule has 35 heavy (non-hydrogen) atoms. The Morgan fingerprint density at radius 2 is 1.63 bits per heavy atom. The molecule has 0 saturated heterocycles. The van der Waals surface area contributed by atoms with E-state index < -0.39 is 5.41 Å². The highest BCUT2D eigenvalue weighted by atomic mass is 16.5. The van der Waals surface area contributed by atoms with Gasteiger partial charge in [0.1, 0.15) is 5.75 Å². The van der Waals surface area contributed by atoms with E-state index in [1.165, 1.54) is 22.3 Å². The number of fused-ring (bicyclic) bond motifs is 1. The van der Waals surface area contributed by atoms with Gasteiger partial charge in [-0.15, -0.1) is 0 Å². The second-order valence-corrected chi connectivity index (χ2v) is 11.8. The Labute approximate surface area is 212 Å². The normalized spacial score (nSPS) is 14.6. The number of benzene rings is 2. The predicted molar refractivity (Wildman–Crippen MR) is 146 cm³/mol. The third-order valence-electron chi connectivity index (χ3n) is 7.22. The number of allylic oxidation sites excluding steroid dienone is 1. The van der Waals surface area contributed by atoms with Crippen LogP contribution in [0.4, 0.5) is 0 Å². The smallest absolute Gasteiger partial charge is 0.311 e. The average Bonchev–Trinajstić information content (AvgIpc) is 2.82. The monoisotopic (exact) mass is 476 g/mol. The molecule has 3 nitrogen and oxygen atoms in total. The third kappa shape index (κ3) is 7.98. The first kappa shape index (κ1) is 27.0. The van der Waals surface area contributed by atoms with Gasteiger partial charge >= 0.3 is 5.97 Å². The van der Waals surface area contributed by atoms with E-state index >= 15 is 0 Å². The summed E-state index contributed by atoms with van der Waals surface area (Å²) in [5.74, 6) is 1.12. The molecule has 0 N–H and O–H groups in total. The van der Waals surface area contributed by atoms with Crippen molar-refractivity contribution in [1.29, 1.82) is 0 Å². The summed E-state index contributed by atoms with van der Waals surface area (Å²) in [5, 5.41) is 0. The molecule has 0 saturated carbocycles. The first-order valence-electron chi connectivity index (χ1n) is 13.3. The van der Waals surface area contributed by atoms with Gasteiger partial charge in [0.2, 0.25) is 0 Å². The van der Waals surface area contributed by atoms with Crippen LogP contribution in [-0.4, -0.2) is 19.2 Å². The van der Waals surface area contributed by atoms with E-state index in [-0.39, 0.29) is 17.3 Å². The van der Waals surface area contributed by atoms with E-state index in [2.05, 4.69) is 82.3 Å². The van der Waals surface area contributed by atoms with Crippen molar-refractivity contribution in [2.75, 3.05) is 13.2 Å². The van der Waals surface area contributed by atoms with Gasteiger partial charge in [-0.25, -0.2) is 0 Å². The van der Waals surface area contributed by atoms with Crippen LogP contribution < -0.4 is 4.74 Å². The summed E-state index contributed by atoms with van der Waals surface area (Å²) in [4.78, 5) is 12.6. The first-order chi connectivity index (χ1) is 16.6. The van der Waals surface area contributed by atoms with Crippen molar-refractivity contribution in [3.05, 3.63) is 65.2 Å². The zero-order chi connectivity index (χ0) is 25.5. The number of hydrogen-bond donors (Lipinski definition) is 0. The van der Waals surface area contributed by atoms with Crippen LogP contribution in [0, 0.1) is 16.7 Å². The van der Waals surface area contributed by atoms with E-state index in [1.807, 2.05) is 13.8 Å². The van der Waals surface area contributed by atoms with E-state index in [0.29, 0.717) is 13.2 Å². The van der Waals surface area contributed by atoms with Crippen molar-refractivity contribution in [2.45, 2.75) is 80.1 Å². The third-order valence-corrected chi connectivity index (χ3v) is 7.22. The van der Waals surface area contributed by atoms with Crippen molar-refractivity contribution in [3.63, 3.8) is 0 Å². The molecule has 0 radical (unpaired) electrons. The highest BCUT2D eigenvalue weighted by Crippen LogP contribution is 2.37. The minimum Gasteiger partial charge on any atom is -0.494 e. The van der Waals surface area contributed by atoms with Gasteiger partial charge in [0, 0.05) is 0 Å². The van der Waals surface area contributed by atoms with Crippen LogP contribution in [0.25, 0.3) is 11.6 Å². The van der Waals surface area contributed by atoms with E-state index in [0.717, 1.165) is 44.3 Å². The molecule has 190 valence electrons. The van der Waals surface area contributed by atoms with Gasteiger partial charge in [0.25, 0.3) is 0 Å². The number of aryl methyl sites for hydroxylation is 1. The number of hydrogen-bond acceptors (Lipinski definition) is 3. The lowest BCUT2D eigenvalue weighted by molar-refractivity contribution is -0.157. The SMILES string of the molecule is CC(CC(C)(C)C)C(C)(C)C(=O)OCCCCCOc1ccc2c(c1)C=C(c1ccccc1)CC2. The zero-order valence-electron chi connectivity index (χ0n) is 22.7. The Morgan fingerprint density at radius 1 is 0.914 bits per heavy atom. The highest BCUT2D eigenvalue weighted by molar-refractivity contribution is 5.84. The molecule has 3 rings (SSSR count). The van der Waals surface area contributed by atoms with Gasteiger partial charge < -0.3 is 9.47 Å². The largest absolute Gasteiger partial charge is 0.494 e. The summed E-state index contributed by atoms with van der Waals surface area (Å²) in [6.07, 6.45) is 8.25. The maximum atomic E-state index is 12.6. The molecule has 0 aliphatic heterocycles. The number of unbranched alkanes of at least 4 members (excludes halogenated alkanes) is 2. The molecule has 1 aliphatic rings. The minimum atomic E-state index is -0.461. The first-order valence-corrected chi connectivity index (χ1v) is 13.3. The van der Waals surface area contributed by atoms with Gasteiger partial charge in [-0.3, -0.25) is 4.79 Å². The maximum Gasteiger partial charge on any atom is 0.311 e. The second-order valence-electron chi connectivity index (χ2n) is 11.8. The van der Waals surface area contributed by atoms with Crippen LogP contribution in [-0.2, 0) is 16.0 Å². The van der Waals surface area contributed by atoms with Crippen molar-refractivity contribution in [2.24, 2.45) is 16.7 Å². The van der Waals surface area contributed by atoms with Crippen LogP contribution >= 0.6 is 0 Å². The molecule has 0 bridgehead atoms. The van der Waals surface area contributed by atoms with E-state index in [9.17, 15) is 4.79 Å². The summed E-state index contributed by atoms with van der Waals surface area (Å²) < 4.78 is 11.7. The molecule has 3 heteroatoms. The average molecular weight is 477 g/mol. The quantitative estimate of drug-likeness (QED) is 0.241. The number of ether oxygens (including phenoxy) is 2. The summed E-state index contributed by atoms with van der Waals surface area (Å²) in [7, 11) is 0. The van der Waals surface area contributed by atoms with Gasteiger partial charge in [-0.1, -0.05) is 70.2 Å². The summed E-state index contributed by atoms with van der Waals surface area (Å²) >= 11 is 0. The number of carbonyl (C=O) groups is 1.